The van der Waals surface area contributed by atoms with Gasteiger partial charge in [-0.3, -0.25) is 29.0 Å². The van der Waals surface area contributed by atoms with Gasteiger partial charge in [-0.25, -0.2) is 4.58 Å². The first kappa shape index (κ1) is 65.0. The van der Waals surface area contributed by atoms with Crippen molar-refractivity contribution in [3.8, 4) is 0 Å². The van der Waals surface area contributed by atoms with Crippen molar-refractivity contribution in [2.45, 2.75) is 195 Å². The van der Waals surface area contributed by atoms with Gasteiger partial charge in [-0.2, -0.15) is 0 Å². The number of nitrogens with two attached hydrogens (primary N) is 3. The summed E-state index contributed by atoms with van der Waals surface area (Å²) in [7, 11) is 2.15. The zero-order valence-electron chi connectivity index (χ0n) is 40.0. The maximum Gasteiger partial charge on any atom is 0.462 e. The average molecular weight is 882 g/mol. The molecule has 6 N–H and O–H groups in total. The van der Waals surface area contributed by atoms with Crippen molar-refractivity contribution >= 4 is 46.1 Å². The van der Waals surface area contributed by atoms with Crippen molar-refractivity contribution in [2.24, 2.45) is 39.9 Å². The van der Waals surface area contributed by atoms with E-state index < -0.39 is 18.2 Å². The number of hydrogen-bond acceptors (Lipinski definition) is 11. The number of hydrogen-bond donors (Lipinski definition) is 3. The Hall–Kier alpha value is -3.17. The molecule has 13 nitrogen and oxygen atoms in total. The van der Waals surface area contributed by atoms with Gasteiger partial charge >= 0.3 is 6.41 Å². The van der Waals surface area contributed by atoms with Crippen LogP contribution in [0.5, 0.6) is 0 Å². The third kappa shape index (κ3) is 23.4. The molecule has 8 unspecified atom stereocenters. The Morgan fingerprint density at radius 1 is 0.559 bits per heavy atom. The summed E-state index contributed by atoms with van der Waals surface area (Å²) >= 11 is 0. The Bertz CT molecular complexity index is 1490. The Morgan fingerprint density at radius 2 is 0.864 bits per heavy atom. The van der Waals surface area contributed by atoms with E-state index in [9.17, 15) is 24.0 Å². The van der Waals surface area contributed by atoms with Crippen LogP contribution in [-0.2, 0) is 50.2 Å². The molecule has 0 aromatic carbocycles. The van der Waals surface area contributed by atoms with Crippen LogP contribution in [0.2, 0.25) is 0 Å². The van der Waals surface area contributed by atoms with Crippen LogP contribution in [0.3, 0.4) is 0 Å². The molecule has 0 spiro atoms. The number of nitrogens with zero attached hydrogens (tertiary/aromatic N) is 3. The van der Waals surface area contributed by atoms with Gasteiger partial charge in [0.25, 0.3) is 0 Å². The van der Waals surface area contributed by atoms with Gasteiger partial charge < -0.3 is 26.7 Å². The van der Waals surface area contributed by atoms with E-state index in [4.69, 9.17) is 26.7 Å². The summed E-state index contributed by atoms with van der Waals surface area (Å²) < 4.78 is 16.9. The van der Waals surface area contributed by atoms with E-state index in [1.54, 1.807) is 20.8 Å². The van der Waals surface area contributed by atoms with Crippen LogP contribution in [0.25, 0.3) is 0 Å². The first-order chi connectivity index (χ1) is 25.8. The Morgan fingerprint density at radius 3 is 1.12 bits per heavy atom. The van der Waals surface area contributed by atoms with Crippen LogP contribution in [0.15, 0.2) is 27.7 Å². The number of aliphatic imine (C=N–C) groups is 1. The number of ether oxygens (including phenoxy) is 2. The van der Waals surface area contributed by atoms with Crippen molar-refractivity contribution in [2.75, 3.05) is 7.05 Å². The molecule has 0 bridgehead atoms. The van der Waals surface area contributed by atoms with Gasteiger partial charge in [-0.1, -0.05) is 14.4 Å². The fraction of sp³-hybridized carbons (Fsp3) is 0.733. The van der Waals surface area contributed by atoms with Crippen molar-refractivity contribution in [3.05, 3.63) is 22.7 Å². The smallest absolute Gasteiger partial charge is 0.406 e. The molecule has 14 heteroatoms. The van der Waals surface area contributed by atoms with Crippen LogP contribution in [0.1, 0.15) is 153 Å². The molecule has 2 heterocycles. The zero-order valence-corrected chi connectivity index (χ0v) is 41.1. The van der Waals surface area contributed by atoms with Gasteiger partial charge in [0.15, 0.2) is 11.4 Å². The molecule has 0 aromatic heterocycles. The summed E-state index contributed by atoms with van der Waals surface area (Å²) in [4.78, 5) is 56.9. The molecular weight excluding hydrogens is 795 g/mol. The minimum Gasteiger partial charge on any atom is -0.406 e. The van der Waals surface area contributed by atoms with E-state index in [1.807, 2.05) is 55.4 Å². The number of likely N-dealkylation sites (N-methyl/N-ethyl adjacent to an activating group) is 1. The molecule has 0 saturated heterocycles. The van der Waals surface area contributed by atoms with Gasteiger partial charge in [-0.15, -0.1) is 4.58 Å². The number of carbonyl (C=O) groups excluding carboxylic acids is 5. The van der Waals surface area contributed by atoms with E-state index in [1.165, 1.54) is 50.3 Å². The summed E-state index contributed by atoms with van der Waals surface area (Å²) in [6, 6.07) is 0.995. The van der Waals surface area contributed by atoms with Gasteiger partial charge in [0.2, 0.25) is 12.1 Å². The van der Waals surface area contributed by atoms with Crippen molar-refractivity contribution in [3.63, 3.8) is 0 Å². The van der Waals surface area contributed by atoms with E-state index in [0.717, 1.165) is 17.2 Å². The SMILES string of the molecule is C.CC(=O)C(C)C(C)=NC(C)C(C)N.CC(=O)C(C)C(C)=O.CC(=O)C(C)C(C)=O.CC(N)C(C)N.CC1=C(C)C(C)=[N+]2C(O1)O/C(C)=C(/C)C(C)=[N+](C)C(C)C2C.[Co]. The molecule has 0 aliphatic carbocycles. The molecule has 0 saturated carbocycles. The molecule has 2 aliphatic heterocycles. The van der Waals surface area contributed by atoms with E-state index in [-0.39, 0.29) is 89.2 Å². The van der Waals surface area contributed by atoms with E-state index in [2.05, 4.69) is 62.7 Å². The number of allylic oxidation sites excluding steroid dienone is 4. The van der Waals surface area contributed by atoms with Gasteiger partial charge in [-0.05, 0) is 111 Å². The second-order valence-corrected chi connectivity index (χ2v) is 15.9. The van der Waals surface area contributed by atoms with Crippen molar-refractivity contribution in [1.82, 2.24) is 0 Å². The van der Waals surface area contributed by atoms with E-state index in [0.29, 0.717) is 6.04 Å². The Balaban J connectivity index is -0.000000225. The predicted molar refractivity (Wildman–Crippen MR) is 241 cm³/mol. The van der Waals surface area contributed by atoms with Crippen molar-refractivity contribution in [1.29, 1.82) is 0 Å². The maximum absolute atomic E-state index is 11.0. The monoisotopic (exact) mass is 882 g/mol. The first-order valence-electron chi connectivity index (χ1n) is 20.0. The summed E-state index contributed by atoms with van der Waals surface area (Å²) in [5.74, 6) is 0.882. The van der Waals surface area contributed by atoms with Crippen LogP contribution in [0, 0.1) is 17.8 Å². The standard InChI is InChI=1S/C18H30N2O2.C10H20N2O.2C6H10O2.C4H12N2.CH4.Co/c1-10-12(3)19(9)14(5)15(6)20-13(4)11(2)17(8)22-18(20)21-16(10)7;1-6(10(5)13)8(3)12-9(4)7(2)11;2*1-4(5(2)7)6(3)8;1-3(5)4(2)6;;/h14-15,18H,1-9H3;6-7,9H,11H2,1-5H3;2*4H,1-3H3;3-4H,5-6H2,1-2H3;1H4;/q+2;;;;;;/b16-10-,19-12?;;;;;;. The molecule has 0 aromatic rings. The molecule has 2 aliphatic rings. The predicted octanol–water partition coefficient (Wildman–Crippen LogP) is 6.60. The van der Waals surface area contributed by atoms with Crippen molar-refractivity contribution < 1.29 is 59.4 Å². The minimum absolute atomic E-state index is 0. The topological polar surface area (TPSA) is 200 Å². The fourth-order valence-electron chi connectivity index (χ4n) is 4.52. The van der Waals surface area contributed by atoms with E-state index >= 15 is 0 Å². The number of carbonyl (C=O) groups is 5. The van der Waals surface area contributed by atoms with Gasteiger partial charge in [0.1, 0.15) is 47.5 Å². The Labute approximate surface area is 369 Å². The number of Topliss-reactive ketones (excluding diaryl/α,β-unsaturated/α-hetero) is 5. The zero-order chi connectivity index (χ0) is 46.0. The third-order valence-electron chi connectivity index (χ3n) is 11.3. The molecule has 1 radical (unpaired) electrons. The number of fused-ring (bicyclic) bond motifs is 1. The van der Waals surface area contributed by atoms with Crippen LogP contribution >= 0.6 is 0 Å². The van der Waals surface area contributed by atoms with Crippen LogP contribution in [-0.4, -0.2) is 105 Å². The second kappa shape index (κ2) is 30.8. The largest absolute Gasteiger partial charge is 0.462 e. The number of rotatable bonds is 9. The maximum atomic E-state index is 11.0. The molecular formula is C45H86CoN6O7+2. The molecule has 345 valence electrons. The molecule has 59 heavy (non-hydrogen) atoms. The summed E-state index contributed by atoms with van der Waals surface area (Å²) in [6.45, 7) is 39.0. The number of ketones is 5. The fourth-order valence-corrected chi connectivity index (χ4v) is 4.52. The average Bonchev–Trinajstić information content (AvgIpc) is 3.13. The van der Waals surface area contributed by atoms with Gasteiger partial charge in [0, 0.05) is 68.3 Å². The molecule has 0 fully saturated rings. The second-order valence-electron chi connectivity index (χ2n) is 15.9. The summed E-state index contributed by atoms with van der Waals surface area (Å²) in [5.41, 5.74) is 22.0. The van der Waals surface area contributed by atoms with Crippen LogP contribution < -0.4 is 17.2 Å². The Kier molecular flexibility index (Phi) is 33.9. The quantitative estimate of drug-likeness (QED) is 0.129. The minimum atomic E-state index is -0.407. The molecule has 0 amide bonds. The molecule has 8 atom stereocenters. The third-order valence-corrected chi connectivity index (χ3v) is 11.3. The summed E-state index contributed by atoms with van der Waals surface area (Å²) in [6.07, 6.45) is -0.393. The first-order valence-corrected chi connectivity index (χ1v) is 20.0. The van der Waals surface area contributed by atoms with Crippen LogP contribution in [0.4, 0.5) is 0 Å². The molecule has 2 rings (SSSR count). The van der Waals surface area contributed by atoms with Gasteiger partial charge in [0.05, 0.1) is 34.9 Å². The summed E-state index contributed by atoms with van der Waals surface area (Å²) in [5, 5.41) is 0. The normalized spacial score (nSPS) is 21.5.